The molecule has 0 radical (unpaired) electrons. The second-order valence-corrected chi connectivity index (χ2v) is 8.68. The van der Waals surface area contributed by atoms with E-state index in [9.17, 15) is 4.57 Å². The summed E-state index contributed by atoms with van der Waals surface area (Å²) in [7, 11) is -4.00. The van der Waals surface area contributed by atoms with E-state index in [2.05, 4.69) is 0 Å². The normalized spacial score (nSPS) is 11.0. The Morgan fingerprint density at radius 2 is 0.839 bits per heavy atom. The van der Waals surface area contributed by atoms with Gasteiger partial charge in [-0.05, 0) is 61.4 Å². The maximum Gasteiger partial charge on any atom is 0.647 e. The van der Waals surface area contributed by atoms with E-state index in [-0.39, 0.29) is 0 Å². The summed E-state index contributed by atoms with van der Waals surface area (Å²) in [6, 6.07) is 31.8. The lowest BCUT2D eigenvalue weighted by Gasteiger charge is -2.19. The summed E-state index contributed by atoms with van der Waals surface area (Å²) in [6.45, 7) is 3.94. The average Bonchev–Trinajstić information content (AvgIpc) is 2.78. The van der Waals surface area contributed by atoms with Crippen LogP contribution in [0.4, 0.5) is 0 Å². The van der Waals surface area contributed by atoms with Crippen molar-refractivity contribution in [2.24, 2.45) is 0 Å². The van der Waals surface area contributed by atoms with Crippen molar-refractivity contribution < 1.29 is 18.1 Å². The SMILES string of the molecule is Cc1ccc(OP(=O)(Oc2ccc(C)cc2)Oc2ccc(-c3ccccc3)cc2)cc1. The molecule has 0 saturated heterocycles. The number of aryl methyl sites for hydroxylation is 2. The highest BCUT2D eigenvalue weighted by atomic mass is 31.2. The van der Waals surface area contributed by atoms with Crippen LogP contribution in [0.5, 0.6) is 17.2 Å². The first kappa shape index (κ1) is 20.8. The highest BCUT2D eigenvalue weighted by Gasteiger charge is 2.33. The molecule has 4 rings (SSSR count). The van der Waals surface area contributed by atoms with E-state index in [4.69, 9.17) is 13.6 Å². The molecule has 0 aliphatic heterocycles. The van der Waals surface area contributed by atoms with Crippen molar-refractivity contribution in [1.82, 2.24) is 0 Å². The number of benzene rings is 4. The molecule has 4 aromatic carbocycles. The highest BCUT2D eigenvalue weighted by Crippen LogP contribution is 2.50. The Hall–Kier alpha value is -3.49. The van der Waals surface area contributed by atoms with Crippen LogP contribution in [-0.4, -0.2) is 0 Å². The van der Waals surface area contributed by atoms with Crippen LogP contribution < -0.4 is 13.6 Å². The molecule has 0 atom stereocenters. The Labute approximate surface area is 182 Å². The van der Waals surface area contributed by atoms with Crippen molar-refractivity contribution in [2.75, 3.05) is 0 Å². The minimum atomic E-state index is -4.00. The molecular weight excluding hydrogens is 407 g/mol. The number of hydrogen-bond donors (Lipinski definition) is 0. The summed E-state index contributed by atoms with van der Waals surface area (Å²) in [5.41, 5.74) is 4.25. The maximum absolute atomic E-state index is 13.6. The molecule has 0 amide bonds. The highest BCUT2D eigenvalue weighted by molar-refractivity contribution is 7.49. The molecule has 0 aliphatic carbocycles. The van der Waals surface area contributed by atoms with Crippen LogP contribution in [-0.2, 0) is 4.57 Å². The second-order valence-electron chi connectivity index (χ2n) is 7.24. The fourth-order valence-corrected chi connectivity index (χ4v) is 4.23. The first-order chi connectivity index (χ1) is 15.0. The molecule has 0 heterocycles. The molecular formula is C26H23O4P. The third-order valence-electron chi connectivity index (χ3n) is 4.66. The van der Waals surface area contributed by atoms with Gasteiger partial charge in [0.2, 0.25) is 0 Å². The summed E-state index contributed by atoms with van der Waals surface area (Å²) < 4.78 is 30.8. The van der Waals surface area contributed by atoms with Crippen LogP contribution in [0.15, 0.2) is 103 Å². The predicted octanol–water partition coefficient (Wildman–Crippen LogP) is 7.62. The number of phosphoric acid groups is 1. The van der Waals surface area contributed by atoms with E-state index in [0.717, 1.165) is 22.3 Å². The van der Waals surface area contributed by atoms with E-state index in [1.807, 2.05) is 80.6 Å². The standard InChI is InChI=1S/C26H23O4P/c1-20-8-14-24(15-9-20)28-31(27,29-25-16-10-21(2)11-17-25)30-26-18-12-23(13-19-26)22-6-4-3-5-7-22/h3-19H,1-2H3. The quantitative estimate of drug-likeness (QED) is 0.283. The van der Waals surface area contributed by atoms with Crippen molar-refractivity contribution in [3.63, 3.8) is 0 Å². The van der Waals surface area contributed by atoms with Gasteiger partial charge in [0.05, 0.1) is 0 Å². The van der Waals surface area contributed by atoms with Crippen molar-refractivity contribution in [2.45, 2.75) is 13.8 Å². The smallest absolute Gasteiger partial charge is 0.386 e. The first-order valence-corrected chi connectivity index (χ1v) is 11.4. The molecule has 0 fully saturated rings. The van der Waals surface area contributed by atoms with Crippen molar-refractivity contribution in [3.05, 3.63) is 114 Å². The molecule has 31 heavy (non-hydrogen) atoms. The van der Waals surface area contributed by atoms with Gasteiger partial charge in [-0.2, -0.15) is 4.57 Å². The van der Waals surface area contributed by atoms with Gasteiger partial charge in [-0.3, -0.25) is 0 Å². The van der Waals surface area contributed by atoms with Gasteiger partial charge in [0.15, 0.2) is 0 Å². The summed E-state index contributed by atoms with van der Waals surface area (Å²) >= 11 is 0. The minimum Gasteiger partial charge on any atom is -0.386 e. The third-order valence-corrected chi connectivity index (χ3v) is 5.96. The van der Waals surface area contributed by atoms with Crippen molar-refractivity contribution >= 4 is 7.82 Å². The third kappa shape index (κ3) is 5.56. The molecule has 0 unspecified atom stereocenters. The van der Waals surface area contributed by atoms with Crippen molar-refractivity contribution in [3.8, 4) is 28.4 Å². The van der Waals surface area contributed by atoms with E-state index in [0.29, 0.717) is 17.2 Å². The lowest BCUT2D eigenvalue weighted by Crippen LogP contribution is -2.07. The Morgan fingerprint density at radius 1 is 0.484 bits per heavy atom. The summed E-state index contributed by atoms with van der Waals surface area (Å²) in [5, 5.41) is 0. The molecule has 0 bridgehead atoms. The molecule has 0 N–H and O–H groups in total. The first-order valence-electron chi connectivity index (χ1n) is 9.97. The van der Waals surface area contributed by atoms with E-state index < -0.39 is 7.82 Å². The van der Waals surface area contributed by atoms with Crippen molar-refractivity contribution in [1.29, 1.82) is 0 Å². The van der Waals surface area contributed by atoms with Gasteiger partial charge >= 0.3 is 7.82 Å². The molecule has 0 spiro atoms. The van der Waals surface area contributed by atoms with Crippen LogP contribution in [0.3, 0.4) is 0 Å². The van der Waals surface area contributed by atoms with Gasteiger partial charge in [0.1, 0.15) is 17.2 Å². The molecule has 4 aromatic rings. The van der Waals surface area contributed by atoms with E-state index >= 15 is 0 Å². The number of hydrogen-bond acceptors (Lipinski definition) is 4. The zero-order valence-corrected chi connectivity index (χ0v) is 18.3. The van der Waals surface area contributed by atoms with Gasteiger partial charge in [-0.1, -0.05) is 77.9 Å². The number of phosphoric ester groups is 1. The van der Waals surface area contributed by atoms with Crippen LogP contribution in [0.25, 0.3) is 11.1 Å². The molecule has 4 nitrogen and oxygen atoms in total. The van der Waals surface area contributed by atoms with E-state index in [1.54, 1.807) is 36.4 Å². The fourth-order valence-electron chi connectivity index (χ4n) is 2.98. The van der Waals surface area contributed by atoms with Gasteiger partial charge in [-0.15, -0.1) is 0 Å². The van der Waals surface area contributed by atoms with Gasteiger partial charge in [0, 0.05) is 0 Å². The van der Waals surface area contributed by atoms with Gasteiger partial charge < -0.3 is 13.6 Å². The zero-order chi connectivity index (χ0) is 21.7. The Kier molecular flexibility index (Phi) is 6.11. The fraction of sp³-hybridized carbons (Fsp3) is 0.0769. The van der Waals surface area contributed by atoms with Crippen LogP contribution >= 0.6 is 7.82 Å². The largest absolute Gasteiger partial charge is 0.647 e. The minimum absolute atomic E-state index is 0.391. The molecule has 0 saturated carbocycles. The topological polar surface area (TPSA) is 44.8 Å². The second kappa shape index (κ2) is 9.11. The molecule has 156 valence electrons. The average molecular weight is 430 g/mol. The molecule has 0 aromatic heterocycles. The summed E-state index contributed by atoms with van der Waals surface area (Å²) in [6.07, 6.45) is 0. The van der Waals surface area contributed by atoms with E-state index in [1.165, 1.54) is 0 Å². The Morgan fingerprint density at radius 3 is 1.26 bits per heavy atom. The summed E-state index contributed by atoms with van der Waals surface area (Å²) in [5.74, 6) is 1.20. The zero-order valence-electron chi connectivity index (χ0n) is 17.4. The van der Waals surface area contributed by atoms with Crippen LogP contribution in [0.1, 0.15) is 11.1 Å². The molecule has 0 aliphatic rings. The number of rotatable bonds is 7. The predicted molar refractivity (Wildman–Crippen MR) is 124 cm³/mol. The Balaban J connectivity index is 1.59. The lowest BCUT2D eigenvalue weighted by atomic mass is 10.1. The van der Waals surface area contributed by atoms with Gasteiger partial charge in [-0.25, -0.2) is 0 Å². The monoisotopic (exact) mass is 430 g/mol. The van der Waals surface area contributed by atoms with Gasteiger partial charge in [0.25, 0.3) is 0 Å². The molecule has 5 heteroatoms. The lowest BCUT2D eigenvalue weighted by molar-refractivity contribution is 0.298. The van der Waals surface area contributed by atoms with Crippen LogP contribution in [0.2, 0.25) is 0 Å². The summed E-state index contributed by atoms with van der Waals surface area (Å²) in [4.78, 5) is 0. The van der Waals surface area contributed by atoms with Crippen LogP contribution in [0, 0.1) is 13.8 Å². The Bertz CT molecular complexity index is 1120. The maximum atomic E-state index is 13.6.